The number of hydrogen-bond acceptors (Lipinski definition) is 7. The summed E-state index contributed by atoms with van der Waals surface area (Å²) < 4.78 is 11.5. The van der Waals surface area contributed by atoms with Crippen molar-refractivity contribution in [2.45, 2.75) is 13.0 Å². The molecule has 0 saturated heterocycles. The number of nitrogens with zero attached hydrogens (tertiary/aromatic N) is 1. The number of benzene rings is 2. The van der Waals surface area contributed by atoms with E-state index in [2.05, 4.69) is 15.9 Å². The Balaban J connectivity index is 0.000000469. The number of phenols is 1. The quantitative estimate of drug-likeness (QED) is 0.400. The van der Waals surface area contributed by atoms with Crippen LogP contribution in [-0.4, -0.2) is 30.7 Å². The van der Waals surface area contributed by atoms with Gasteiger partial charge in [-0.15, -0.1) is 0 Å². The molecule has 0 radical (unpaired) electrons. The molecule has 1 aliphatic rings. The molecular formula is C24H22BrClN2O5S. The number of methoxy groups -OCH3 is 1. The van der Waals surface area contributed by atoms with Crippen LogP contribution in [0.25, 0.3) is 0 Å². The zero-order chi connectivity index (χ0) is 24.8. The number of halogens is 2. The van der Waals surface area contributed by atoms with Crippen molar-refractivity contribution in [3.05, 3.63) is 85.6 Å². The first-order valence-electron chi connectivity index (χ1n) is 10.1. The predicted molar refractivity (Wildman–Crippen MR) is 136 cm³/mol. The molecule has 0 bridgehead atoms. The van der Waals surface area contributed by atoms with Crippen molar-refractivity contribution in [1.29, 1.82) is 0 Å². The average molecular weight is 566 g/mol. The topological polar surface area (TPSA) is 102 Å². The highest BCUT2D eigenvalue weighted by Crippen LogP contribution is 2.42. The van der Waals surface area contributed by atoms with Crippen LogP contribution in [0.3, 0.4) is 0 Å². The second-order valence-electron chi connectivity index (χ2n) is 6.98. The Morgan fingerprint density at radius 3 is 2.59 bits per heavy atom. The number of thiophene rings is 1. The van der Waals surface area contributed by atoms with Gasteiger partial charge in [-0.05, 0) is 70.2 Å². The molecular weight excluding hydrogens is 544 g/mol. The van der Waals surface area contributed by atoms with Crippen LogP contribution in [-0.2, 0) is 14.3 Å². The average Bonchev–Trinajstić information content (AvgIpc) is 3.39. The van der Waals surface area contributed by atoms with Crippen LogP contribution in [0.15, 0.2) is 75.0 Å². The van der Waals surface area contributed by atoms with E-state index in [4.69, 9.17) is 26.8 Å². The molecule has 178 valence electrons. The monoisotopic (exact) mass is 564 g/mol. The molecule has 2 heterocycles. The van der Waals surface area contributed by atoms with Crippen molar-refractivity contribution in [2.75, 3.05) is 18.6 Å². The molecule has 1 aromatic heterocycles. The molecule has 2 aromatic carbocycles. The number of carbonyl (C=O) groups is 2. The zero-order valence-electron chi connectivity index (χ0n) is 18.3. The van der Waals surface area contributed by atoms with Gasteiger partial charge in [0.1, 0.15) is 5.70 Å². The maximum atomic E-state index is 13.0. The second-order valence-corrected chi connectivity index (χ2v) is 9.11. The molecule has 3 N–H and O–H groups in total. The number of aromatic hydroxyl groups is 1. The summed E-state index contributed by atoms with van der Waals surface area (Å²) >= 11 is 11.1. The predicted octanol–water partition coefficient (Wildman–Crippen LogP) is 5.43. The Labute approximate surface area is 214 Å². The summed E-state index contributed by atoms with van der Waals surface area (Å²) in [4.78, 5) is 26.9. The Kier molecular flexibility index (Phi) is 8.60. The molecule has 7 nitrogen and oxygen atoms in total. The lowest BCUT2D eigenvalue weighted by Gasteiger charge is -2.27. The molecule has 1 unspecified atom stereocenters. The molecule has 1 aliphatic heterocycles. The maximum Gasteiger partial charge on any atom is 0.338 e. The Bertz CT molecular complexity index is 1220. The third-order valence-corrected chi connectivity index (χ3v) is 6.57. The number of anilines is 1. The van der Waals surface area contributed by atoms with Gasteiger partial charge in [0.15, 0.2) is 11.5 Å². The van der Waals surface area contributed by atoms with E-state index < -0.39 is 17.9 Å². The molecule has 1 amide bonds. The zero-order valence-corrected chi connectivity index (χ0v) is 21.5. The minimum absolute atomic E-state index is 0.0274. The van der Waals surface area contributed by atoms with Gasteiger partial charge in [-0.1, -0.05) is 23.7 Å². The number of ether oxygens (including phenoxy) is 2. The second kappa shape index (κ2) is 11.4. The fraction of sp³-hybridized carbons (Fsp3) is 0.167. The SMILES string of the molecule is Brc1ccsc1.CCOC(=O)C1=C(N)C(=O)N(c2cccc(Cl)c2)C1c1ccc(O)c(OC)c1. The van der Waals surface area contributed by atoms with Gasteiger partial charge in [-0.2, -0.15) is 11.3 Å². The molecule has 0 fully saturated rings. The highest BCUT2D eigenvalue weighted by Gasteiger charge is 2.44. The number of carbonyl (C=O) groups excluding carboxylic acids is 2. The Morgan fingerprint density at radius 2 is 2.03 bits per heavy atom. The molecule has 0 spiro atoms. The largest absolute Gasteiger partial charge is 0.504 e. The van der Waals surface area contributed by atoms with E-state index in [1.165, 1.54) is 22.5 Å². The summed E-state index contributed by atoms with van der Waals surface area (Å²) in [5.41, 5.74) is 6.84. The third-order valence-electron chi connectivity index (χ3n) is 4.86. The van der Waals surface area contributed by atoms with Gasteiger partial charge in [0, 0.05) is 20.6 Å². The standard InChI is InChI=1S/C20H19ClN2O5.C4H3BrS/c1-3-28-20(26)16-17(22)19(25)23(13-6-4-5-12(21)10-13)18(16)11-7-8-14(24)15(9-11)27-2;5-4-1-2-6-3-4/h4-10,18,24H,3,22H2,1-2H3;1-3H. The normalized spacial score (nSPS) is 15.1. The van der Waals surface area contributed by atoms with Gasteiger partial charge in [0.2, 0.25) is 0 Å². The van der Waals surface area contributed by atoms with E-state index in [9.17, 15) is 14.7 Å². The maximum absolute atomic E-state index is 13.0. The first kappa shape index (κ1) is 25.6. The summed E-state index contributed by atoms with van der Waals surface area (Å²) in [7, 11) is 1.41. The Morgan fingerprint density at radius 1 is 1.26 bits per heavy atom. The molecule has 0 aliphatic carbocycles. The highest BCUT2D eigenvalue weighted by atomic mass is 79.9. The molecule has 34 heavy (non-hydrogen) atoms. The molecule has 10 heteroatoms. The number of esters is 1. The minimum Gasteiger partial charge on any atom is -0.504 e. The van der Waals surface area contributed by atoms with E-state index in [1.54, 1.807) is 54.7 Å². The van der Waals surface area contributed by atoms with Crippen LogP contribution < -0.4 is 15.4 Å². The lowest BCUT2D eigenvalue weighted by atomic mass is 9.98. The first-order chi connectivity index (χ1) is 16.3. The lowest BCUT2D eigenvalue weighted by molar-refractivity contribution is -0.138. The van der Waals surface area contributed by atoms with Crippen molar-refractivity contribution in [1.82, 2.24) is 0 Å². The summed E-state index contributed by atoms with van der Waals surface area (Å²) in [6.07, 6.45) is 0. The van der Waals surface area contributed by atoms with Gasteiger partial charge in [-0.3, -0.25) is 9.69 Å². The summed E-state index contributed by atoms with van der Waals surface area (Å²) in [6, 6.07) is 12.4. The number of hydrogen-bond donors (Lipinski definition) is 2. The van der Waals surface area contributed by atoms with Crippen LogP contribution >= 0.6 is 38.9 Å². The van der Waals surface area contributed by atoms with Gasteiger partial charge in [0.05, 0.1) is 25.3 Å². The first-order valence-corrected chi connectivity index (χ1v) is 12.2. The van der Waals surface area contributed by atoms with E-state index in [1.807, 2.05) is 16.8 Å². The van der Waals surface area contributed by atoms with Crippen molar-refractivity contribution >= 4 is 56.4 Å². The van der Waals surface area contributed by atoms with E-state index in [-0.39, 0.29) is 29.4 Å². The third kappa shape index (κ3) is 5.55. The van der Waals surface area contributed by atoms with Crippen molar-refractivity contribution in [3.8, 4) is 11.5 Å². The van der Waals surface area contributed by atoms with Crippen molar-refractivity contribution in [3.63, 3.8) is 0 Å². The van der Waals surface area contributed by atoms with Gasteiger partial charge >= 0.3 is 5.97 Å². The van der Waals surface area contributed by atoms with Crippen molar-refractivity contribution < 1.29 is 24.2 Å². The molecule has 1 atom stereocenters. The van der Waals surface area contributed by atoms with Crippen LogP contribution in [0.4, 0.5) is 5.69 Å². The number of amides is 1. The molecule has 3 aromatic rings. The summed E-state index contributed by atoms with van der Waals surface area (Å²) in [5, 5.41) is 14.4. The van der Waals surface area contributed by atoms with Crippen LogP contribution in [0.2, 0.25) is 5.02 Å². The smallest absolute Gasteiger partial charge is 0.338 e. The van der Waals surface area contributed by atoms with Crippen LogP contribution in [0, 0.1) is 0 Å². The van der Waals surface area contributed by atoms with Gasteiger partial charge in [-0.25, -0.2) is 4.79 Å². The number of rotatable bonds is 5. The van der Waals surface area contributed by atoms with Gasteiger partial charge < -0.3 is 20.3 Å². The fourth-order valence-corrected chi connectivity index (χ4v) is 4.72. The van der Waals surface area contributed by atoms with Gasteiger partial charge in [0.25, 0.3) is 5.91 Å². The number of nitrogens with two attached hydrogens (primary N) is 1. The van der Waals surface area contributed by atoms with E-state index in [0.717, 1.165) is 0 Å². The summed E-state index contributed by atoms with van der Waals surface area (Å²) in [5.74, 6) is -1.10. The molecule has 0 saturated carbocycles. The van der Waals surface area contributed by atoms with Crippen LogP contribution in [0.1, 0.15) is 18.5 Å². The van der Waals surface area contributed by atoms with Crippen LogP contribution in [0.5, 0.6) is 11.5 Å². The van der Waals surface area contributed by atoms with E-state index in [0.29, 0.717) is 16.3 Å². The number of phenolic OH excluding ortho intramolecular Hbond substituents is 1. The lowest BCUT2D eigenvalue weighted by Crippen LogP contribution is -2.32. The highest BCUT2D eigenvalue weighted by molar-refractivity contribution is 9.10. The fourth-order valence-electron chi connectivity index (χ4n) is 3.39. The minimum atomic E-state index is -0.862. The Hall–Kier alpha value is -3.01. The van der Waals surface area contributed by atoms with E-state index >= 15 is 0 Å². The summed E-state index contributed by atoms with van der Waals surface area (Å²) in [6.45, 7) is 1.80. The molecule has 4 rings (SSSR count). The van der Waals surface area contributed by atoms with Crippen molar-refractivity contribution in [2.24, 2.45) is 5.73 Å².